The van der Waals surface area contributed by atoms with E-state index in [0.29, 0.717) is 24.4 Å². The second kappa shape index (κ2) is 6.78. The Morgan fingerprint density at radius 1 is 1.39 bits per heavy atom. The van der Waals surface area contributed by atoms with Crippen molar-refractivity contribution in [3.63, 3.8) is 0 Å². The molecule has 1 aliphatic heterocycles. The minimum atomic E-state index is -0.678. The summed E-state index contributed by atoms with van der Waals surface area (Å²) in [6.07, 6.45) is 3.66. The molecule has 0 unspecified atom stereocenters. The standard InChI is InChI=1S/C16H19NO5S/c1-10(18)17-11(9-23-15(17)14-7-4-8-21-14)16(20)22-13-6-3-2-5-12(13)19/h4,7-8,11,13,15H,2-3,5-6,9H2,1H3/t11-,13+,15-/m0/s1. The van der Waals surface area contributed by atoms with Gasteiger partial charge in [0.2, 0.25) is 5.91 Å². The van der Waals surface area contributed by atoms with Crippen molar-refractivity contribution in [3.8, 4) is 0 Å². The Labute approximate surface area is 138 Å². The van der Waals surface area contributed by atoms with Crippen LogP contribution in [0.1, 0.15) is 43.7 Å². The van der Waals surface area contributed by atoms with Gasteiger partial charge in [-0.15, -0.1) is 11.8 Å². The van der Waals surface area contributed by atoms with E-state index >= 15 is 0 Å². The van der Waals surface area contributed by atoms with Gasteiger partial charge in [-0.05, 0) is 31.4 Å². The van der Waals surface area contributed by atoms with Crippen molar-refractivity contribution >= 4 is 29.4 Å². The van der Waals surface area contributed by atoms with Crippen molar-refractivity contribution in [2.24, 2.45) is 0 Å². The summed E-state index contributed by atoms with van der Waals surface area (Å²) in [4.78, 5) is 37.8. The summed E-state index contributed by atoms with van der Waals surface area (Å²) in [5.74, 6) is 0.335. The van der Waals surface area contributed by atoms with Crippen molar-refractivity contribution in [1.29, 1.82) is 0 Å². The van der Waals surface area contributed by atoms with Crippen LogP contribution in [-0.2, 0) is 19.1 Å². The van der Waals surface area contributed by atoms with E-state index in [1.165, 1.54) is 23.6 Å². The first-order chi connectivity index (χ1) is 11.1. The molecule has 7 heteroatoms. The molecule has 23 heavy (non-hydrogen) atoms. The van der Waals surface area contributed by atoms with Gasteiger partial charge in [-0.3, -0.25) is 9.59 Å². The van der Waals surface area contributed by atoms with Gasteiger partial charge in [0.1, 0.15) is 17.2 Å². The number of furan rings is 1. The van der Waals surface area contributed by atoms with Crippen LogP contribution in [0.3, 0.4) is 0 Å². The summed E-state index contributed by atoms with van der Waals surface area (Å²) in [7, 11) is 0. The first kappa shape index (κ1) is 16.1. The summed E-state index contributed by atoms with van der Waals surface area (Å²) in [6, 6.07) is 2.86. The van der Waals surface area contributed by atoms with Crippen LogP contribution in [0.25, 0.3) is 0 Å². The van der Waals surface area contributed by atoms with Gasteiger partial charge in [0.25, 0.3) is 0 Å². The highest BCUT2D eigenvalue weighted by Gasteiger charge is 2.44. The molecule has 1 aromatic heterocycles. The number of carbonyl (C=O) groups excluding carboxylic acids is 3. The predicted molar refractivity (Wildman–Crippen MR) is 83.6 cm³/mol. The average molecular weight is 337 g/mol. The van der Waals surface area contributed by atoms with E-state index < -0.39 is 18.1 Å². The number of ether oxygens (including phenoxy) is 1. The topological polar surface area (TPSA) is 76.8 Å². The van der Waals surface area contributed by atoms with Gasteiger partial charge in [-0.25, -0.2) is 4.79 Å². The molecule has 2 fully saturated rings. The van der Waals surface area contributed by atoms with Gasteiger partial charge >= 0.3 is 5.97 Å². The van der Waals surface area contributed by atoms with Gasteiger partial charge in [-0.2, -0.15) is 0 Å². The molecule has 0 N–H and O–H groups in total. The highest BCUT2D eigenvalue weighted by atomic mass is 32.2. The average Bonchev–Trinajstić information content (AvgIpc) is 3.17. The molecule has 0 spiro atoms. The number of esters is 1. The maximum Gasteiger partial charge on any atom is 0.330 e. The highest BCUT2D eigenvalue weighted by Crippen LogP contribution is 2.42. The highest BCUT2D eigenvalue weighted by molar-refractivity contribution is 7.99. The monoisotopic (exact) mass is 337 g/mol. The van der Waals surface area contributed by atoms with Crippen LogP contribution in [0.4, 0.5) is 0 Å². The second-order valence-electron chi connectivity index (χ2n) is 5.78. The van der Waals surface area contributed by atoms with E-state index in [-0.39, 0.29) is 17.1 Å². The molecule has 1 amide bonds. The Morgan fingerprint density at radius 2 is 2.22 bits per heavy atom. The lowest BCUT2D eigenvalue weighted by Crippen LogP contribution is -2.45. The molecule has 2 heterocycles. The molecule has 124 valence electrons. The van der Waals surface area contributed by atoms with E-state index in [1.807, 2.05) is 0 Å². The van der Waals surface area contributed by atoms with Gasteiger partial charge in [0.05, 0.1) is 6.26 Å². The number of rotatable bonds is 3. The number of hydrogen-bond donors (Lipinski definition) is 0. The molecular formula is C16H19NO5S. The van der Waals surface area contributed by atoms with E-state index in [4.69, 9.17) is 9.15 Å². The minimum absolute atomic E-state index is 0.0211. The van der Waals surface area contributed by atoms with E-state index in [9.17, 15) is 14.4 Å². The van der Waals surface area contributed by atoms with Crippen LogP contribution in [0.2, 0.25) is 0 Å². The van der Waals surface area contributed by atoms with E-state index in [1.54, 1.807) is 18.4 Å². The lowest BCUT2D eigenvalue weighted by Gasteiger charge is -2.28. The molecule has 1 saturated heterocycles. The first-order valence-electron chi connectivity index (χ1n) is 7.75. The van der Waals surface area contributed by atoms with Gasteiger partial charge in [0, 0.05) is 19.1 Å². The van der Waals surface area contributed by atoms with Crippen molar-refractivity contribution in [2.45, 2.75) is 50.1 Å². The minimum Gasteiger partial charge on any atom is -0.466 e. The van der Waals surface area contributed by atoms with Gasteiger partial charge in [0.15, 0.2) is 11.9 Å². The normalized spacial score (nSPS) is 28.0. The largest absolute Gasteiger partial charge is 0.466 e. The van der Waals surface area contributed by atoms with Crippen molar-refractivity contribution in [2.75, 3.05) is 5.75 Å². The molecular weight excluding hydrogens is 318 g/mol. The number of carbonyl (C=O) groups is 3. The fraction of sp³-hybridized carbons (Fsp3) is 0.562. The molecule has 2 aliphatic rings. The van der Waals surface area contributed by atoms with Gasteiger partial charge < -0.3 is 14.1 Å². The number of Topliss-reactive ketones (excluding diaryl/α,β-unsaturated/α-hetero) is 1. The quantitative estimate of drug-likeness (QED) is 0.788. The summed E-state index contributed by atoms with van der Waals surface area (Å²) < 4.78 is 10.8. The maximum absolute atomic E-state index is 12.5. The van der Waals surface area contributed by atoms with Crippen LogP contribution in [0.5, 0.6) is 0 Å². The zero-order valence-corrected chi connectivity index (χ0v) is 13.7. The lowest BCUT2D eigenvalue weighted by molar-refractivity contribution is -0.163. The Bertz CT molecular complexity index is 600. The van der Waals surface area contributed by atoms with Gasteiger partial charge in [-0.1, -0.05) is 0 Å². The SMILES string of the molecule is CC(=O)N1[C@H](C(=O)O[C@@H]2CCCCC2=O)CS[C@H]1c1ccco1. The van der Waals surface area contributed by atoms with Crippen LogP contribution >= 0.6 is 11.8 Å². The molecule has 1 aliphatic carbocycles. The maximum atomic E-state index is 12.5. The van der Waals surface area contributed by atoms with E-state index in [0.717, 1.165) is 12.8 Å². The molecule has 0 aromatic carbocycles. The first-order valence-corrected chi connectivity index (χ1v) is 8.80. The number of thioether (sulfide) groups is 1. The Morgan fingerprint density at radius 3 is 2.87 bits per heavy atom. The summed E-state index contributed by atoms with van der Waals surface area (Å²) in [5.41, 5.74) is 0. The number of amides is 1. The smallest absolute Gasteiger partial charge is 0.330 e. The summed E-state index contributed by atoms with van der Waals surface area (Å²) >= 11 is 1.46. The Hall–Kier alpha value is -1.76. The Balaban J connectivity index is 1.72. The van der Waals surface area contributed by atoms with Crippen molar-refractivity contribution in [3.05, 3.63) is 24.2 Å². The van der Waals surface area contributed by atoms with Crippen LogP contribution < -0.4 is 0 Å². The third-order valence-corrected chi connectivity index (χ3v) is 5.46. The van der Waals surface area contributed by atoms with Crippen molar-refractivity contribution < 1.29 is 23.5 Å². The zero-order chi connectivity index (χ0) is 16.4. The molecule has 1 aromatic rings. The molecule has 1 saturated carbocycles. The summed E-state index contributed by atoms with van der Waals surface area (Å²) in [6.45, 7) is 1.42. The van der Waals surface area contributed by atoms with Crippen LogP contribution in [0, 0.1) is 0 Å². The van der Waals surface area contributed by atoms with Crippen molar-refractivity contribution in [1.82, 2.24) is 4.90 Å². The fourth-order valence-corrected chi connectivity index (χ4v) is 4.43. The molecule has 0 radical (unpaired) electrons. The molecule has 3 atom stereocenters. The third-order valence-electron chi connectivity index (χ3n) is 4.18. The molecule has 0 bridgehead atoms. The second-order valence-corrected chi connectivity index (χ2v) is 6.89. The zero-order valence-electron chi connectivity index (χ0n) is 12.9. The predicted octanol–water partition coefficient (Wildman–Crippen LogP) is 2.30. The third kappa shape index (κ3) is 3.29. The number of hydrogen-bond acceptors (Lipinski definition) is 6. The number of ketones is 1. The molecule has 3 rings (SSSR count). The van der Waals surface area contributed by atoms with E-state index in [2.05, 4.69) is 0 Å². The Kier molecular flexibility index (Phi) is 4.75. The fourth-order valence-electron chi connectivity index (χ4n) is 3.02. The lowest BCUT2D eigenvalue weighted by atomic mass is 9.96. The number of nitrogens with zero attached hydrogens (tertiary/aromatic N) is 1. The molecule has 6 nitrogen and oxygen atoms in total. The van der Waals surface area contributed by atoms with Crippen LogP contribution in [0.15, 0.2) is 22.8 Å². The van der Waals surface area contributed by atoms with Crippen LogP contribution in [-0.4, -0.2) is 40.5 Å². The summed E-state index contributed by atoms with van der Waals surface area (Å²) in [5, 5.41) is -0.331.